The number of methoxy groups -OCH3 is 1. The van der Waals surface area contributed by atoms with Crippen LogP contribution in [0, 0.1) is 42.7 Å². The molecule has 14 heteroatoms. The van der Waals surface area contributed by atoms with Gasteiger partial charge in [0.25, 0.3) is 0 Å². The molecule has 1 atom stereocenters. The van der Waals surface area contributed by atoms with Crippen molar-refractivity contribution in [3.05, 3.63) is 89.9 Å². The number of amides is 2. The van der Waals surface area contributed by atoms with Gasteiger partial charge in [-0.25, -0.2) is 28.2 Å². The number of nitriles is 1. The fourth-order valence-corrected chi connectivity index (χ4v) is 4.73. The Hall–Kier alpha value is -5.67. The highest BCUT2D eigenvalue weighted by Gasteiger charge is 2.26. The molecule has 1 saturated heterocycles. The lowest BCUT2D eigenvalue weighted by Crippen LogP contribution is -2.41. The summed E-state index contributed by atoms with van der Waals surface area (Å²) in [4.78, 5) is 27.5. The number of benzene rings is 2. The van der Waals surface area contributed by atoms with E-state index in [0.29, 0.717) is 49.0 Å². The third-order valence-corrected chi connectivity index (χ3v) is 7.02. The number of halogens is 2. The second-order valence-electron chi connectivity index (χ2n) is 10.1. The number of nitrogens with zero attached hydrogens (tertiary/aromatic N) is 7. The van der Waals surface area contributed by atoms with Crippen LogP contribution in [-0.4, -0.2) is 74.9 Å². The smallest absolute Gasteiger partial charge is 0.320 e. The summed E-state index contributed by atoms with van der Waals surface area (Å²) in [5.74, 6) is -0.783. The molecule has 5 aromatic rings. The number of nitrogens with one attached hydrogen (secondary N) is 2. The average molecular weight is 642 g/mol. The van der Waals surface area contributed by atoms with Gasteiger partial charge in [-0.1, -0.05) is 30.3 Å². The fraction of sp³-hybridized carbons (Fsp3) is 0.242. The van der Waals surface area contributed by atoms with Gasteiger partial charge in [0.05, 0.1) is 30.6 Å². The molecule has 47 heavy (non-hydrogen) atoms. The number of carbonyl (C=O) groups is 1. The van der Waals surface area contributed by atoms with Crippen LogP contribution in [0.15, 0.2) is 66.9 Å². The van der Waals surface area contributed by atoms with E-state index < -0.39 is 11.6 Å². The summed E-state index contributed by atoms with van der Waals surface area (Å²) in [6, 6.07) is 18.0. The molecule has 0 spiro atoms. The molecule has 1 aliphatic rings. The van der Waals surface area contributed by atoms with Gasteiger partial charge in [-0.2, -0.15) is 15.4 Å². The molecule has 6 rings (SSSR count). The maximum atomic E-state index is 13.0. The minimum Gasteiger partial charge on any atom is -0.383 e. The van der Waals surface area contributed by atoms with Crippen molar-refractivity contribution >= 4 is 23.0 Å². The van der Waals surface area contributed by atoms with Crippen LogP contribution in [0.4, 0.5) is 19.4 Å². The van der Waals surface area contributed by atoms with Crippen LogP contribution < -0.4 is 10.6 Å². The number of pyridine rings is 1. The zero-order valence-electron chi connectivity index (χ0n) is 26.0. The van der Waals surface area contributed by atoms with E-state index in [1.54, 1.807) is 34.7 Å². The number of para-hydroxylation sites is 1. The van der Waals surface area contributed by atoms with Gasteiger partial charge in [0.15, 0.2) is 17.3 Å². The second kappa shape index (κ2) is 16.1. The van der Waals surface area contributed by atoms with Gasteiger partial charge in [-0.3, -0.25) is 10.2 Å². The van der Waals surface area contributed by atoms with Crippen molar-refractivity contribution in [2.75, 3.05) is 38.7 Å². The predicted octanol–water partition coefficient (Wildman–Crippen LogP) is 4.60. The first-order valence-corrected chi connectivity index (χ1v) is 14.3. The lowest BCUT2D eigenvalue weighted by atomic mass is 10.1. The van der Waals surface area contributed by atoms with E-state index in [4.69, 9.17) is 14.7 Å². The van der Waals surface area contributed by atoms with Crippen molar-refractivity contribution in [1.82, 2.24) is 34.7 Å². The highest BCUT2D eigenvalue weighted by atomic mass is 19.2. The zero-order chi connectivity index (χ0) is 33.9. The van der Waals surface area contributed by atoms with E-state index in [1.807, 2.05) is 43.3 Å². The van der Waals surface area contributed by atoms with Gasteiger partial charge in [-0.15, -0.1) is 12.8 Å². The highest BCUT2D eigenvalue weighted by molar-refractivity contribution is 5.91. The van der Waals surface area contributed by atoms with Crippen LogP contribution in [0.2, 0.25) is 0 Å². The van der Waals surface area contributed by atoms with E-state index >= 15 is 0 Å². The number of ether oxygens (including phenoxy) is 1. The van der Waals surface area contributed by atoms with Crippen LogP contribution >= 0.6 is 0 Å². The summed E-state index contributed by atoms with van der Waals surface area (Å²) in [6.07, 6.45) is 9.70. The molecule has 4 heterocycles. The summed E-state index contributed by atoms with van der Waals surface area (Å²) in [6.45, 7) is 4.03. The number of aromatic nitrogens is 5. The lowest BCUT2D eigenvalue weighted by Gasteiger charge is -2.15. The Labute approximate surface area is 270 Å². The Kier molecular flexibility index (Phi) is 11.7. The molecular formula is C33H33F2N9O3. The molecule has 2 amide bonds. The normalized spacial score (nSPS) is 14.0. The number of carbonyl (C=O) groups excluding carboxylic acids is 1. The van der Waals surface area contributed by atoms with Gasteiger partial charge >= 0.3 is 6.03 Å². The zero-order valence-corrected chi connectivity index (χ0v) is 26.0. The Morgan fingerprint density at radius 3 is 2.47 bits per heavy atom. The Bertz CT molecular complexity index is 1860. The van der Waals surface area contributed by atoms with Crippen LogP contribution in [-0.2, 0) is 16.6 Å². The summed E-state index contributed by atoms with van der Waals surface area (Å²) in [5, 5.41) is 21.9. The highest BCUT2D eigenvalue weighted by Crippen LogP contribution is 2.31. The third-order valence-electron chi connectivity index (χ3n) is 7.02. The van der Waals surface area contributed by atoms with Crippen LogP contribution in [0.3, 0.4) is 0 Å². The maximum absolute atomic E-state index is 13.0. The van der Waals surface area contributed by atoms with Crippen molar-refractivity contribution in [2.24, 2.45) is 7.05 Å². The number of aryl methyl sites for hydroxylation is 1. The molecule has 3 aromatic heterocycles. The number of fused-ring (bicyclic) bond motifs is 1. The average Bonchev–Trinajstić information content (AvgIpc) is 3.78. The summed E-state index contributed by atoms with van der Waals surface area (Å²) >= 11 is 0. The van der Waals surface area contributed by atoms with Crippen LogP contribution in [0.1, 0.15) is 11.4 Å². The lowest BCUT2D eigenvalue weighted by molar-refractivity contribution is -0.118. The first-order valence-electron chi connectivity index (χ1n) is 14.3. The number of rotatable bonds is 7. The SMILES string of the molecule is C#C.COCCN1CC(NC(=O)Nc2c(C)c(-c3cnc4c(c3)nc(C#N)n4C)nn2-c2ccccc2)CO1.Fc1ccccc1F. The fourth-order valence-electron chi connectivity index (χ4n) is 4.73. The first-order chi connectivity index (χ1) is 22.8. The monoisotopic (exact) mass is 641 g/mol. The molecular weight excluding hydrogens is 608 g/mol. The van der Waals surface area contributed by atoms with Crippen molar-refractivity contribution in [1.29, 1.82) is 5.26 Å². The summed E-state index contributed by atoms with van der Waals surface area (Å²) in [5.41, 5.74) is 4.13. The molecule has 0 saturated carbocycles. The van der Waals surface area contributed by atoms with Crippen LogP contribution in [0.5, 0.6) is 0 Å². The van der Waals surface area contributed by atoms with Gasteiger partial charge in [0, 0.05) is 44.6 Å². The van der Waals surface area contributed by atoms with Gasteiger partial charge in [0.1, 0.15) is 17.4 Å². The predicted molar refractivity (Wildman–Crippen MR) is 172 cm³/mol. The molecule has 2 N–H and O–H groups in total. The van der Waals surface area contributed by atoms with E-state index in [-0.39, 0.29) is 17.9 Å². The number of hydrogen-bond donors (Lipinski definition) is 2. The molecule has 1 aliphatic heterocycles. The Morgan fingerprint density at radius 2 is 1.83 bits per heavy atom. The van der Waals surface area contributed by atoms with Gasteiger partial charge in [0.2, 0.25) is 5.82 Å². The quantitative estimate of drug-likeness (QED) is 0.246. The van der Waals surface area contributed by atoms with E-state index in [1.165, 1.54) is 12.1 Å². The molecule has 0 radical (unpaired) electrons. The molecule has 1 unspecified atom stereocenters. The molecule has 242 valence electrons. The topological polar surface area (TPSA) is 135 Å². The van der Waals surface area contributed by atoms with Crippen LogP contribution in [0.25, 0.3) is 28.1 Å². The molecule has 1 fully saturated rings. The van der Waals surface area contributed by atoms with Gasteiger partial charge in [-0.05, 0) is 37.3 Å². The van der Waals surface area contributed by atoms with Gasteiger partial charge < -0.3 is 14.6 Å². The number of hydroxylamine groups is 2. The summed E-state index contributed by atoms with van der Waals surface area (Å²) in [7, 11) is 3.39. The Morgan fingerprint density at radius 1 is 1.15 bits per heavy atom. The molecule has 12 nitrogen and oxygen atoms in total. The maximum Gasteiger partial charge on any atom is 0.320 e. The number of terminal acetylenes is 1. The third kappa shape index (κ3) is 8.14. The van der Waals surface area contributed by atoms with E-state index in [9.17, 15) is 18.8 Å². The van der Waals surface area contributed by atoms with E-state index in [0.717, 1.165) is 28.9 Å². The van der Waals surface area contributed by atoms with Crippen molar-refractivity contribution < 1.29 is 23.1 Å². The van der Waals surface area contributed by atoms with Crippen molar-refractivity contribution in [2.45, 2.75) is 13.0 Å². The molecule has 2 aromatic carbocycles. The minimum absolute atomic E-state index is 0.158. The summed E-state index contributed by atoms with van der Waals surface area (Å²) < 4.78 is 32.3. The second-order valence-corrected chi connectivity index (χ2v) is 10.1. The van der Waals surface area contributed by atoms with E-state index in [2.05, 4.69) is 39.5 Å². The standard InChI is InChI=1S/C25H27N9O3.C6H4F2.C2H2/c1-16-22(17-11-20-24(27-13-17)32(2)21(12-26)29-20)31-34(19-7-5-4-6-8-19)23(16)30-25(35)28-18-14-33(37-15-18)9-10-36-3;7-5-3-1-2-4-6(5)8;1-2/h4-8,11,13,18H,9-10,14-15H2,1-3H3,(H2,28,30,35);1-4H;1-2H. The molecule has 0 bridgehead atoms. The number of urea groups is 1. The minimum atomic E-state index is -0.799. The van der Waals surface area contributed by atoms with Crippen molar-refractivity contribution in [3.63, 3.8) is 0 Å². The molecule has 0 aliphatic carbocycles. The first kappa shape index (κ1) is 34.2. The number of imidazole rings is 1. The Balaban J connectivity index is 0.000000433. The number of anilines is 1. The van der Waals surface area contributed by atoms with Crippen molar-refractivity contribution in [3.8, 4) is 35.9 Å². The number of hydrogen-bond acceptors (Lipinski definition) is 8. The largest absolute Gasteiger partial charge is 0.383 e.